The van der Waals surface area contributed by atoms with Crippen LogP contribution in [-0.4, -0.2) is 12.5 Å². The van der Waals surface area contributed by atoms with Gasteiger partial charge in [-0.3, -0.25) is 0 Å². The zero-order valence-electron chi connectivity index (χ0n) is 10.4. The Morgan fingerprint density at radius 2 is 2.18 bits per heavy atom. The second kappa shape index (κ2) is 4.37. The van der Waals surface area contributed by atoms with Gasteiger partial charge in [0.1, 0.15) is 0 Å². The molecule has 3 heteroatoms. The standard InChI is InChI=1S/C14H19F2N/c1-13(7-4-8-17-13)12-6-3-5-11(9-12)10-14(2,15)16/h3,5-6,9,17H,4,7-8,10H2,1-2H3. The molecule has 1 fully saturated rings. The van der Waals surface area contributed by atoms with Crippen molar-refractivity contribution in [1.29, 1.82) is 0 Å². The van der Waals surface area contributed by atoms with Crippen molar-refractivity contribution < 1.29 is 8.78 Å². The maximum atomic E-state index is 13.0. The van der Waals surface area contributed by atoms with Gasteiger partial charge < -0.3 is 5.32 Å². The summed E-state index contributed by atoms with van der Waals surface area (Å²) in [6.07, 6.45) is 2.03. The summed E-state index contributed by atoms with van der Waals surface area (Å²) in [6.45, 7) is 4.11. The lowest BCUT2D eigenvalue weighted by molar-refractivity contribution is 0.0226. The topological polar surface area (TPSA) is 12.0 Å². The van der Waals surface area contributed by atoms with Crippen molar-refractivity contribution >= 4 is 0 Å². The molecule has 94 valence electrons. The highest BCUT2D eigenvalue weighted by atomic mass is 19.3. The van der Waals surface area contributed by atoms with Crippen LogP contribution in [0, 0.1) is 0 Å². The van der Waals surface area contributed by atoms with Gasteiger partial charge in [-0.15, -0.1) is 0 Å². The smallest absolute Gasteiger partial charge is 0.249 e. The van der Waals surface area contributed by atoms with Gasteiger partial charge in [-0.25, -0.2) is 8.78 Å². The van der Waals surface area contributed by atoms with E-state index in [9.17, 15) is 8.78 Å². The first-order valence-electron chi connectivity index (χ1n) is 6.11. The largest absolute Gasteiger partial charge is 0.308 e. The Hall–Kier alpha value is -0.960. The summed E-state index contributed by atoms with van der Waals surface area (Å²) in [4.78, 5) is 0. The van der Waals surface area contributed by atoms with Gasteiger partial charge in [0.25, 0.3) is 0 Å². The molecular formula is C14H19F2N. The van der Waals surface area contributed by atoms with E-state index in [-0.39, 0.29) is 12.0 Å². The van der Waals surface area contributed by atoms with Crippen molar-refractivity contribution in [3.63, 3.8) is 0 Å². The number of rotatable bonds is 3. The van der Waals surface area contributed by atoms with Crippen LogP contribution >= 0.6 is 0 Å². The lowest BCUT2D eigenvalue weighted by Gasteiger charge is -2.25. The third-order valence-corrected chi connectivity index (χ3v) is 3.45. The Labute approximate surface area is 101 Å². The Kier molecular flexibility index (Phi) is 3.21. The summed E-state index contributed by atoms with van der Waals surface area (Å²) < 4.78 is 26.0. The average Bonchev–Trinajstić information content (AvgIpc) is 2.64. The molecule has 1 heterocycles. The highest BCUT2D eigenvalue weighted by Gasteiger charge is 2.30. The van der Waals surface area contributed by atoms with Gasteiger partial charge in [0.15, 0.2) is 0 Å². The Morgan fingerprint density at radius 1 is 1.41 bits per heavy atom. The fraction of sp³-hybridized carbons (Fsp3) is 0.571. The first-order valence-corrected chi connectivity index (χ1v) is 6.11. The van der Waals surface area contributed by atoms with Crippen LogP contribution in [0.4, 0.5) is 8.78 Å². The van der Waals surface area contributed by atoms with E-state index < -0.39 is 5.92 Å². The summed E-state index contributed by atoms with van der Waals surface area (Å²) in [7, 11) is 0. The molecule has 1 N–H and O–H groups in total. The zero-order chi connectivity index (χ0) is 12.5. The summed E-state index contributed by atoms with van der Waals surface area (Å²) in [5.41, 5.74) is 1.79. The van der Waals surface area contributed by atoms with Gasteiger partial charge in [0, 0.05) is 12.0 Å². The summed E-state index contributed by atoms with van der Waals surface area (Å²) in [5, 5.41) is 3.45. The first-order chi connectivity index (χ1) is 7.89. The normalized spacial score (nSPS) is 25.2. The number of hydrogen-bond donors (Lipinski definition) is 1. The van der Waals surface area contributed by atoms with E-state index in [1.54, 1.807) is 6.07 Å². The van der Waals surface area contributed by atoms with Gasteiger partial charge in [-0.2, -0.15) is 0 Å². The minimum atomic E-state index is -2.64. The van der Waals surface area contributed by atoms with E-state index in [1.807, 2.05) is 18.2 Å². The number of hydrogen-bond acceptors (Lipinski definition) is 1. The molecule has 0 amide bonds. The summed E-state index contributed by atoms with van der Waals surface area (Å²) >= 11 is 0. The molecule has 1 aliphatic heterocycles. The van der Waals surface area contributed by atoms with E-state index in [4.69, 9.17) is 0 Å². The minimum Gasteiger partial charge on any atom is -0.308 e. The molecule has 1 aliphatic rings. The van der Waals surface area contributed by atoms with E-state index in [2.05, 4.69) is 12.2 Å². The van der Waals surface area contributed by atoms with Crippen LogP contribution in [-0.2, 0) is 12.0 Å². The second-order valence-corrected chi connectivity index (χ2v) is 5.31. The van der Waals surface area contributed by atoms with Gasteiger partial charge in [0.05, 0.1) is 0 Å². The van der Waals surface area contributed by atoms with Gasteiger partial charge in [-0.05, 0) is 44.4 Å². The van der Waals surface area contributed by atoms with Crippen molar-refractivity contribution in [2.45, 2.75) is 44.6 Å². The molecule has 1 aromatic carbocycles. The Morgan fingerprint density at radius 3 is 2.76 bits per heavy atom. The highest BCUT2D eigenvalue weighted by molar-refractivity contribution is 5.30. The average molecular weight is 239 g/mol. The zero-order valence-corrected chi connectivity index (χ0v) is 10.4. The van der Waals surface area contributed by atoms with Gasteiger partial charge >= 0.3 is 0 Å². The molecule has 1 atom stereocenters. The lowest BCUT2D eigenvalue weighted by atomic mass is 9.89. The molecule has 0 spiro atoms. The Bertz CT molecular complexity index is 389. The monoisotopic (exact) mass is 239 g/mol. The molecule has 0 saturated carbocycles. The number of benzene rings is 1. The van der Waals surface area contributed by atoms with Crippen LogP contribution in [0.5, 0.6) is 0 Å². The SMILES string of the molecule is CC(F)(F)Cc1cccc(C2(C)CCCN2)c1. The molecule has 0 aromatic heterocycles. The van der Waals surface area contributed by atoms with E-state index >= 15 is 0 Å². The molecule has 0 aliphatic carbocycles. The number of nitrogens with one attached hydrogen (secondary N) is 1. The molecule has 0 radical (unpaired) electrons. The number of halogens is 2. The highest BCUT2D eigenvalue weighted by Crippen LogP contribution is 2.31. The fourth-order valence-electron chi connectivity index (χ4n) is 2.52. The van der Waals surface area contributed by atoms with Crippen LogP contribution in [0.1, 0.15) is 37.8 Å². The lowest BCUT2D eigenvalue weighted by Crippen LogP contribution is -2.33. The predicted molar refractivity (Wildman–Crippen MR) is 65.4 cm³/mol. The maximum absolute atomic E-state index is 13.0. The maximum Gasteiger partial charge on any atom is 0.249 e. The molecule has 2 rings (SSSR count). The van der Waals surface area contributed by atoms with Gasteiger partial charge in [0.2, 0.25) is 5.92 Å². The van der Waals surface area contributed by atoms with E-state index in [0.29, 0.717) is 5.56 Å². The molecule has 0 bridgehead atoms. The van der Waals surface area contributed by atoms with Crippen molar-refractivity contribution in [2.24, 2.45) is 0 Å². The van der Waals surface area contributed by atoms with E-state index in [0.717, 1.165) is 31.9 Å². The van der Waals surface area contributed by atoms with E-state index in [1.165, 1.54) is 0 Å². The first kappa shape index (κ1) is 12.5. The Balaban J connectivity index is 2.22. The fourth-order valence-corrected chi connectivity index (χ4v) is 2.52. The molecular weight excluding hydrogens is 220 g/mol. The molecule has 1 aromatic rings. The number of alkyl halides is 2. The van der Waals surface area contributed by atoms with Crippen LogP contribution in [0.15, 0.2) is 24.3 Å². The summed E-state index contributed by atoms with van der Waals surface area (Å²) in [6, 6.07) is 7.59. The van der Waals surface area contributed by atoms with Gasteiger partial charge in [-0.1, -0.05) is 24.3 Å². The third-order valence-electron chi connectivity index (χ3n) is 3.45. The van der Waals surface area contributed by atoms with Crippen LogP contribution < -0.4 is 5.32 Å². The van der Waals surface area contributed by atoms with Crippen molar-refractivity contribution in [3.8, 4) is 0 Å². The predicted octanol–water partition coefficient (Wildman–Crippen LogP) is 3.48. The quantitative estimate of drug-likeness (QED) is 0.851. The second-order valence-electron chi connectivity index (χ2n) is 5.31. The van der Waals surface area contributed by atoms with Crippen LogP contribution in [0.3, 0.4) is 0 Å². The molecule has 1 saturated heterocycles. The minimum absolute atomic E-state index is 0.0426. The molecule has 1 nitrogen and oxygen atoms in total. The van der Waals surface area contributed by atoms with Crippen LogP contribution in [0.25, 0.3) is 0 Å². The summed E-state index contributed by atoms with van der Waals surface area (Å²) in [5.74, 6) is -2.64. The van der Waals surface area contributed by atoms with Crippen molar-refractivity contribution in [2.75, 3.05) is 6.54 Å². The molecule has 17 heavy (non-hydrogen) atoms. The third kappa shape index (κ3) is 3.03. The molecule has 1 unspecified atom stereocenters. The van der Waals surface area contributed by atoms with Crippen molar-refractivity contribution in [3.05, 3.63) is 35.4 Å². The van der Waals surface area contributed by atoms with Crippen molar-refractivity contribution in [1.82, 2.24) is 5.32 Å². The van der Waals surface area contributed by atoms with Crippen LogP contribution in [0.2, 0.25) is 0 Å².